The number of rotatable bonds is 4. The monoisotopic (exact) mass is 416 g/mol. The van der Waals surface area contributed by atoms with Gasteiger partial charge in [-0.2, -0.15) is 13.1 Å². The van der Waals surface area contributed by atoms with Crippen molar-refractivity contribution < 1.29 is 13.2 Å². The molecule has 0 unspecified atom stereocenters. The Labute approximate surface area is 167 Å². The van der Waals surface area contributed by atoms with Gasteiger partial charge in [0.25, 0.3) is 0 Å². The second-order valence-electron chi connectivity index (χ2n) is 6.92. The van der Waals surface area contributed by atoms with Gasteiger partial charge in [0.1, 0.15) is 22.0 Å². The minimum atomic E-state index is -3.87. The van der Waals surface area contributed by atoms with Crippen LogP contribution in [-0.4, -0.2) is 40.0 Å². The Morgan fingerprint density at radius 3 is 2.61 bits per heavy atom. The standard InChI is InChI=1S/C19H20N4O3S2/c1-12-6-3-7-13(2)17(12)20-19(24)15-9-5-11-23(15)28(25,26)16-10-4-8-14-18(16)22-27-21-14/h3-4,6-8,10,15H,5,9,11H2,1-2H3,(H,20,24)/t15-/m1/s1. The number of nitrogens with one attached hydrogen (secondary N) is 1. The van der Waals surface area contributed by atoms with E-state index in [-0.39, 0.29) is 10.8 Å². The quantitative estimate of drug-likeness (QED) is 0.706. The van der Waals surface area contributed by atoms with E-state index in [1.165, 1.54) is 10.4 Å². The maximum atomic E-state index is 13.3. The highest BCUT2D eigenvalue weighted by atomic mass is 32.2. The first-order chi connectivity index (χ1) is 13.4. The number of carbonyl (C=O) groups excluding carboxylic acids is 1. The van der Waals surface area contributed by atoms with Crippen LogP contribution in [0, 0.1) is 13.8 Å². The maximum absolute atomic E-state index is 13.3. The van der Waals surface area contributed by atoms with E-state index in [1.54, 1.807) is 12.1 Å². The molecule has 0 spiro atoms. The van der Waals surface area contributed by atoms with Crippen molar-refractivity contribution in [1.82, 2.24) is 13.1 Å². The molecule has 0 bridgehead atoms. The Kier molecular flexibility index (Phi) is 4.90. The number of sulfonamides is 1. The van der Waals surface area contributed by atoms with Crippen molar-refractivity contribution >= 4 is 44.4 Å². The molecule has 2 aromatic carbocycles. The highest BCUT2D eigenvalue weighted by molar-refractivity contribution is 7.89. The summed E-state index contributed by atoms with van der Waals surface area (Å²) >= 11 is 0.976. The molecule has 1 aromatic heterocycles. The number of hydrogen-bond acceptors (Lipinski definition) is 6. The number of nitrogens with zero attached hydrogens (tertiary/aromatic N) is 3. The zero-order valence-electron chi connectivity index (χ0n) is 15.5. The number of fused-ring (bicyclic) bond motifs is 1. The van der Waals surface area contributed by atoms with Gasteiger partial charge in [0, 0.05) is 12.2 Å². The molecule has 1 atom stereocenters. The van der Waals surface area contributed by atoms with Crippen molar-refractivity contribution in [2.75, 3.05) is 11.9 Å². The number of aryl methyl sites for hydroxylation is 2. The summed E-state index contributed by atoms with van der Waals surface area (Å²) in [4.78, 5) is 13.1. The number of aromatic nitrogens is 2. The van der Waals surface area contributed by atoms with Crippen molar-refractivity contribution in [2.45, 2.75) is 37.6 Å². The Morgan fingerprint density at radius 2 is 1.86 bits per heavy atom. The first-order valence-electron chi connectivity index (χ1n) is 9.00. The Morgan fingerprint density at radius 1 is 1.14 bits per heavy atom. The molecule has 9 heteroatoms. The fourth-order valence-electron chi connectivity index (χ4n) is 3.62. The molecule has 1 amide bonds. The third-order valence-corrected chi connectivity index (χ3v) is 7.55. The number of benzene rings is 2. The fourth-order valence-corrected chi connectivity index (χ4v) is 6.03. The van der Waals surface area contributed by atoms with Gasteiger partial charge in [-0.1, -0.05) is 24.3 Å². The van der Waals surface area contributed by atoms with Crippen molar-refractivity contribution in [3.05, 3.63) is 47.5 Å². The molecule has 28 heavy (non-hydrogen) atoms. The molecule has 4 rings (SSSR count). The SMILES string of the molecule is Cc1cccc(C)c1NC(=O)[C@H]1CCCN1S(=O)(=O)c1cccc2nsnc12. The molecule has 0 radical (unpaired) electrons. The van der Waals surface area contributed by atoms with Crippen LogP contribution in [0.1, 0.15) is 24.0 Å². The van der Waals surface area contributed by atoms with Crippen LogP contribution >= 0.6 is 11.7 Å². The second kappa shape index (κ2) is 7.23. The van der Waals surface area contributed by atoms with Crippen molar-refractivity contribution in [3.63, 3.8) is 0 Å². The van der Waals surface area contributed by atoms with Gasteiger partial charge < -0.3 is 5.32 Å². The zero-order chi connectivity index (χ0) is 19.9. The van der Waals surface area contributed by atoms with Crippen LogP contribution in [0.3, 0.4) is 0 Å². The molecule has 1 saturated heterocycles. The third kappa shape index (κ3) is 3.19. The second-order valence-corrected chi connectivity index (χ2v) is 9.31. The Balaban J connectivity index is 1.66. The molecule has 3 aromatic rings. The van der Waals surface area contributed by atoms with Gasteiger partial charge in [-0.15, -0.1) is 0 Å². The van der Waals surface area contributed by atoms with Crippen LogP contribution in [0.15, 0.2) is 41.3 Å². The summed E-state index contributed by atoms with van der Waals surface area (Å²) in [6.07, 6.45) is 1.12. The molecule has 146 valence electrons. The average Bonchev–Trinajstić information content (AvgIpc) is 3.33. The molecule has 0 aliphatic carbocycles. The van der Waals surface area contributed by atoms with E-state index in [2.05, 4.69) is 14.1 Å². The summed E-state index contributed by atoms with van der Waals surface area (Å²) in [5.74, 6) is -0.304. The fraction of sp³-hybridized carbons (Fsp3) is 0.316. The lowest BCUT2D eigenvalue weighted by Crippen LogP contribution is -2.43. The summed E-state index contributed by atoms with van der Waals surface area (Å²) in [5, 5.41) is 2.94. The van der Waals surface area contributed by atoms with Crippen LogP contribution < -0.4 is 5.32 Å². The number of amides is 1. The number of para-hydroxylation sites is 1. The molecular formula is C19H20N4O3S2. The first kappa shape index (κ1) is 19.0. The molecule has 0 saturated carbocycles. The van der Waals surface area contributed by atoms with E-state index in [0.29, 0.717) is 30.4 Å². The van der Waals surface area contributed by atoms with Crippen molar-refractivity contribution in [2.24, 2.45) is 0 Å². The van der Waals surface area contributed by atoms with Crippen LogP contribution in [0.25, 0.3) is 11.0 Å². The van der Waals surface area contributed by atoms with Gasteiger partial charge >= 0.3 is 0 Å². The smallest absolute Gasteiger partial charge is 0.246 e. The van der Waals surface area contributed by atoms with E-state index in [4.69, 9.17) is 0 Å². The van der Waals surface area contributed by atoms with Crippen LogP contribution in [0.5, 0.6) is 0 Å². The highest BCUT2D eigenvalue weighted by Crippen LogP contribution is 2.31. The van der Waals surface area contributed by atoms with E-state index in [9.17, 15) is 13.2 Å². The topological polar surface area (TPSA) is 92.3 Å². The Hall–Kier alpha value is -2.36. The van der Waals surface area contributed by atoms with Crippen LogP contribution in [0.2, 0.25) is 0 Å². The molecule has 1 fully saturated rings. The lowest BCUT2D eigenvalue weighted by Gasteiger charge is -2.24. The van der Waals surface area contributed by atoms with Gasteiger partial charge in [0.2, 0.25) is 15.9 Å². The number of carbonyl (C=O) groups is 1. The van der Waals surface area contributed by atoms with Crippen LogP contribution in [0.4, 0.5) is 5.69 Å². The van der Waals surface area contributed by atoms with Gasteiger partial charge in [0.05, 0.1) is 11.7 Å². The molecular weight excluding hydrogens is 396 g/mol. The van der Waals surface area contributed by atoms with Gasteiger partial charge in [0.15, 0.2) is 0 Å². The predicted octanol–water partition coefficient (Wildman–Crippen LogP) is 3.10. The molecule has 1 aliphatic rings. The first-order valence-corrected chi connectivity index (χ1v) is 11.2. The highest BCUT2D eigenvalue weighted by Gasteiger charge is 2.40. The third-order valence-electron chi connectivity index (χ3n) is 5.07. The van der Waals surface area contributed by atoms with E-state index in [0.717, 1.165) is 28.5 Å². The largest absolute Gasteiger partial charge is 0.324 e. The normalized spacial score (nSPS) is 17.9. The van der Waals surface area contributed by atoms with E-state index < -0.39 is 16.1 Å². The number of hydrogen-bond donors (Lipinski definition) is 1. The zero-order valence-corrected chi connectivity index (χ0v) is 17.2. The lowest BCUT2D eigenvalue weighted by atomic mass is 10.1. The van der Waals surface area contributed by atoms with E-state index >= 15 is 0 Å². The molecule has 1 aliphatic heterocycles. The minimum absolute atomic E-state index is 0.102. The van der Waals surface area contributed by atoms with Gasteiger partial charge in [-0.25, -0.2) is 8.42 Å². The minimum Gasteiger partial charge on any atom is -0.324 e. The molecule has 1 N–H and O–H groups in total. The predicted molar refractivity (Wildman–Crippen MR) is 109 cm³/mol. The maximum Gasteiger partial charge on any atom is 0.246 e. The Bertz CT molecular complexity index is 1140. The average molecular weight is 417 g/mol. The summed E-state index contributed by atoms with van der Waals surface area (Å²) < 4.78 is 36.2. The number of anilines is 1. The van der Waals surface area contributed by atoms with Crippen molar-refractivity contribution in [1.29, 1.82) is 0 Å². The summed E-state index contributed by atoms with van der Waals surface area (Å²) in [6.45, 7) is 4.14. The van der Waals surface area contributed by atoms with Gasteiger partial charge in [-0.3, -0.25) is 4.79 Å². The van der Waals surface area contributed by atoms with Crippen LogP contribution in [-0.2, 0) is 14.8 Å². The van der Waals surface area contributed by atoms with Gasteiger partial charge in [-0.05, 0) is 49.9 Å². The molecule has 7 nitrogen and oxygen atoms in total. The summed E-state index contributed by atoms with van der Waals surface area (Å²) in [6, 6.07) is 9.92. The lowest BCUT2D eigenvalue weighted by molar-refractivity contribution is -0.119. The molecule has 2 heterocycles. The summed E-state index contributed by atoms with van der Waals surface area (Å²) in [5.41, 5.74) is 3.52. The van der Waals surface area contributed by atoms with Crippen molar-refractivity contribution in [3.8, 4) is 0 Å². The van der Waals surface area contributed by atoms with E-state index in [1.807, 2.05) is 32.0 Å². The summed E-state index contributed by atoms with van der Waals surface area (Å²) in [7, 11) is -3.87.